The van der Waals surface area contributed by atoms with Gasteiger partial charge >= 0.3 is 6.09 Å². The van der Waals surface area contributed by atoms with E-state index in [0.717, 1.165) is 32.7 Å². The van der Waals surface area contributed by atoms with Gasteiger partial charge in [0.1, 0.15) is 0 Å². The maximum atomic E-state index is 11.0. The minimum atomic E-state index is -0.203. The van der Waals surface area contributed by atoms with E-state index in [-0.39, 0.29) is 6.09 Å². The van der Waals surface area contributed by atoms with E-state index in [1.54, 1.807) is 4.90 Å². The predicted octanol–water partition coefficient (Wildman–Crippen LogP) is 2.44. The Morgan fingerprint density at radius 3 is 1.81 bits per heavy atom. The molecule has 0 atom stereocenters. The van der Waals surface area contributed by atoms with Gasteiger partial charge in [0.2, 0.25) is 0 Å². The lowest BCUT2D eigenvalue weighted by Gasteiger charge is -2.32. The molecule has 0 spiro atoms. The van der Waals surface area contributed by atoms with Crippen LogP contribution in [-0.2, 0) is 4.74 Å². The molecule has 0 unspecified atom stereocenters. The number of ether oxygens (including phenoxy) is 1. The van der Waals surface area contributed by atoms with Crippen LogP contribution in [-0.4, -0.2) is 55.7 Å². The molecule has 0 N–H and O–H groups in total. The third-order valence-electron chi connectivity index (χ3n) is 2.25. The van der Waals surface area contributed by atoms with Crippen molar-refractivity contribution in [3.8, 4) is 0 Å². The summed E-state index contributed by atoms with van der Waals surface area (Å²) in [5.41, 5.74) is 0. The van der Waals surface area contributed by atoms with E-state index in [9.17, 15) is 4.79 Å². The van der Waals surface area contributed by atoms with Crippen LogP contribution >= 0.6 is 0 Å². The number of carbonyl (C=O) groups excluding carboxylic acids is 1. The number of piperazine rings is 1. The van der Waals surface area contributed by atoms with Crippen molar-refractivity contribution in [2.24, 2.45) is 0 Å². The number of methoxy groups -OCH3 is 1. The first kappa shape index (κ1) is 17.6. The lowest BCUT2D eigenvalue weighted by molar-refractivity contribution is 0.0927. The van der Waals surface area contributed by atoms with Gasteiger partial charge in [0.25, 0.3) is 0 Å². The van der Waals surface area contributed by atoms with Gasteiger partial charge in [0.15, 0.2) is 0 Å². The van der Waals surface area contributed by atoms with Gasteiger partial charge in [-0.15, -0.1) is 0 Å². The smallest absolute Gasteiger partial charge is 0.409 e. The van der Waals surface area contributed by atoms with Crippen molar-refractivity contribution in [3.63, 3.8) is 0 Å². The molecule has 1 amide bonds. The van der Waals surface area contributed by atoms with Gasteiger partial charge in [0, 0.05) is 26.2 Å². The first-order chi connectivity index (χ1) is 7.77. The summed E-state index contributed by atoms with van der Waals surface area (Å²) < 4.78 is 4.63. The molecule has 1 aliphatic heterocycles. The monoisotopic (exact) mass is 232 g/mol. The summed E-state index contributed by atoms with van der Waals surface area (Å²) in [6.07, 6.45) is -0.203. The van der Waals surface area contributed by atoms with Crippen molar-refractivity contribution in [1.82, 2.24) is 9.80 Å². The number of hydrogen-bond donors (Lipinski definition) is 0. The molecule has 1 rings (SSSR count). The Morgan fingerprint density at radius 1 is 1.06 bits per heavy atom. The third kappa shape index (κ3) is 6.67. The van der Waals surface area contributed by atoms with Gasteiger partial charge in [-0.25, -0.2) is 4.79 Å². The summed E-state index contributed by atoms with van der Waals surface area (Å²) in [5.74, 6) is 0. The van der Waals surface area contributed by atoms with Crippen LogP contribution < -0.4 is 0 Å². The summed E-state index contributed by atoms with van der Waals surface area (Å²) in [6.45, 7) is 14.7. The highest BCUT2D eigenvalue weighted by Gasteiger charge is 2.19. The predicted molar refractivity (Wildman–Crippen MR) is 68.8 cm³/mol. The fourth-order valence-electron chi connectivity index (χ4n) is 1.38. The average Bonchev–Trinajstić information content (AvgIpc) is 2.42. The number of hydrogen-bond acceptors (Lipinski definition) is 3. The van der Waals surface area contributed by atoms with E-state index < -0.39 is 0 Å². The molecule has 16 heavy (non-hydrogen) atoms. The molecular formula is C12H28N2O2. The molecule has 1 fully saturated rings. The van der Waals surface area contributed by atoms with Crippen LogP contribution in [0.2, 0.25) is 0 Å². The van der Waals surface area contributed by atoms with Crippen molar-refractivity contribution >= 4 is 6.09 Å². The Labute approximate surface area is 101 Å². The van der Waals surface area contributed by atoms with E-state index >= 15 is 0 Å². The highest BCUT2D eigenvalue weighted by Crippen LogP contribution is 2.02. The molecule has 4 nitrogen and oxygen atoms in total. The fraction of sp³-hybridized carbons (Fsp3) is 0.917. The average molecular weight is 232 g/mol. The van der Waals surface area contributed by atoms with Crippen molar-refractivity contribution in [2.75, 3.05) is 39.8 Å². The van der Waals surface area contributed by atoms with Crippen molar-refractivity contribution in [1.29, 1.82) is 0 Å². The summed E-state index contributed by atoms with van der Waals surface area (Å²) in [7, 11) is 1.43. The first-order valence-electron chi connectivity index (χ1n) is 6.33. The van der Waals surface area contributed by atoms with Gasteiger partial charge in [-0.3, -0.25) is 0 Å². The first-order valence-corrected chi connectivity index (χ1v) is 6.33. The van der Waals surface area contributed by atoms with Gasteiger partial charge in [-0.1, -0.05) is 34.6 Å². The van der Waals surface area contributed by atoms with Crippen molar-refractivity contribution < 1.29 is 9.53 Å². The Balaban J connectivity index is 0. The summed E-state index contributed by atoms with van der Waals surface area (Å²) >= 11 is 0. The SMILES string of the molecule is CC.CC.CCN1CCN(C(=O)OC)CC1. The van der Waals surface area contributed by atoms with E-state index in [1.807, 2.05) is 27.7 Å². The number of nitrogens with zero attached hydrogens (tertiary/aromatic N) is 2. The number of amides is 1. The number of likely N-dealkylation sites (N-methyl/N-ethyl adjacent to an activating group) is 1. The Hall–Kier alpha value is -0.770. The summed E-state index contributed by atoms with van der Waals surface area (Å²) in [4.78, 5) is 15.1. The van der Waals surface area contributed by atoms with Gasteiger partial charge in [0.05, 0.1) is 7.11 Å². The molecule has 0 aromatic carbocycles. The van der Waals surface area contributed by atoms with Crippen molar-refractivity contribution in [3.05, 3.63) is 0 Å². The topological polar surface area (TPSA) is 32.8 Å². The molecular weight excluding hydrogens is 204 g/mol. The Bertz CT molecular complexity index is 155. The van der Waals surface area contributed by atoms with Crippen LogP contribution in [0.15, 0.2) is 0 Å². The zero-order chi connectivity index (χ0) is 13.0. The van der Waals surface area contributed by atoms with Gasteiger partial charge in [-0.05, 0) is 6.54 Å². The fourth-order valence-corrected chi connectivity index (χ4v) is 1.38. The van der Waals surface area contributed by atoms with E-state index in [2.05, 4.69) is 16.6 Å². The molecule has 98 valence electrons. The van der Waals surface area contributed by atoms with Crippen LogP contribution in [0.25, 0.3) is 0 Å². The molecule has 0 radical (unpaired) electrons. The minimum Gasteiger partial charge on any atom is -0.453 e. The zero-order valence-corrected chi connectivity index (χ0v) is 11.7. The Kier molecular flexibility index (Phi) is 13.5. The quantitative estimate of drug-likeness (QED) is 0.696. The maximum Gasteiger partial charge on any atom is 0.409 e. The van der Waals surface area contributed by atoms with E-state index in [1.165, 1.54) is 7.11 Å². The van der Waals surface area contributed by atoms with E-state index in [0.29, 0.717) is 0 Å². The standard InChI is InChI=1S/C8H16N2O2.2C2H6/c1-3-9-4-6-10(7-5-9)8(11)12-2;2*1-2/h3-7H2,1-2H3;2*1-2H3. The number of rotatable bonds is 1. The summed E-state index contributed by atoms with van der Waals surface area (Å²) in [5, 5.41) is 0. The molecule has 1 saturated heterocycles. The molecule has 1 aliphatic rings. The van der Waals surface area contributed by atoms with Crippen LogP contribution in [0.4, 0.5) is 4.79 Å². The maximum absolute atomic E-state index is 11.0. The highest BCUT2D eigenvalue weighted by atomic mass is 16.5. The molecule has 4 heteroatoms. The van der Waals surface area contributed by atoms with Crippen LogP contribution in [0.3, 0.4) is 0 Å². The van der Waals surface area contributed by atoms with Crippen molar-refractivity contribution in [2.45, 2.75) is 34.6 Å². The molecule has 0 aliphatic carbocycles. The molecule has 0 aromatic heterocycles. The molecule has 1 heterocycles. The van der Waals surface area contributed by atoms with Crippen LogP contribution in [0.5, 0.6) is 0 Å². The second-order valence-electron chi connectivity index (χ2n) is 2.89. The second-order valence-corrected chi connectivity index (χ2v) is 2.89. The molecule has 0 aromatic rings. The summed E-state index contributed by atoms with van der Waals surface area (Å²) in [6, 6.07) is 0. The third-order valence-corrected chi connectivity index (χ3v) is 2.25. The molecule has 0 saturated carbocycles. The van der Waals surface area contributed by atoms with Crippen LogP contribution in [0.1, 0.15) is 34.6 Å². The minimum absolute atomic E-state index is 0.203. The van der Waals surface area contributed by atoms with Gasteiger partial charge in [-0.2, -0.15) is 0 Å². The van der Waals surface area contributed by atoms with Crippen LogP contribution in [0, 0.1) is 0 Å². The second kappa shape index (κ2) is 12.3. The normalized spacial score (nSPS) is 15.2. The number of carbonyl (C=O) groups is 1. The lowest BCUT2D eigenvalue weighted by Crippen LogP contribution is -2.48. The van der Waals surface area contributed by atoms with Gasteiger partial charge < -0.3 is 14.5 Å². The largest absolute Gasteiger partial charge is 0.453 e. The highest BCUT2D eigenvalue weighted by molar-refractivity contribution is 5.67. The zero-order valence-electron chi connectivity index (χ0n) is 11.7. The molecule has 0 bridgehead atoms. The van der Waals surface area contributed by atoms with E-state index in [4.69, 9.17) is 0 Å². The Morgan fingerprint density at radius 2 is 1.50 bits per heavy atom. The lowest BCUT2D eigenvalue weighted by atomic mass is 10.3.